The van der Waals surface area contributed by atoms with Crippen molar-refractivity contribution in [2.24, 2.45) is 0 Å². The van der Waals surface area contributed by atoms with Gasteiger partial charge in [-0.3, -0.25) is 0 Å². The summed E-state index contributed by atoms with van der Waals surface area (Å²) in [5.74, 6) is 0.616. The van der Waals surface area contributed by atoms with Crippen LogP contribution in [0.2, 0.25) is 0 Å². The summed E-state index contributed by atoms with van der Waals surface area (Å²) in [6.07, 6.45) is 10.2. The van der Waals surface area contributed by atoms with Gasteiger partial charge >= 0.3 is 0 Å². The number of benzene rings is 1. The van der Waals surface area contributed by atoms with E-state index in [2.05, 4.69) is 53.9 Å². The zero-order valence-electron chi connectivity index (χ0n) is 8.69. The number of nitrogens with one attached hydrogen (secondary N) is 1. The van der Waals surface area contributed by atoms with E-state index in [1.165, 1.54) is 11.1 Å². The van der Waals surface area contributed by atoms with Crippen LogP contribution in [0.5, 0.6) is 0 Å². The lowest BCUT2D eigenvalue weighted by Gasteiger charge is -2.28. The predicted octanol–water partition coefficient (Wildman–Crippen LogP) is 2.72. The average molecular weight is 197 g/mol. The second-order valence-corrected chi connectivity index (χ2v) is 4.24. The lowest BCUT2D eigenvalue weighted by molar-refractivity contribution is 0.530. The molecule has 0 bridgehead atoms. The summed E-state index contributed by atoms with van der Waals surface area (Å²) < 4.78 is 0. The van der Waals surface area contributed by atoms with Crippen molar-refractivity contribution in [2.45, 2.75) is 18.4 Å². The zero-order chi connectivity index (χ0) is 10.1. The summed E-state index contributed by atoms with van der Waals surface area (Å²) >= 11 is 0. The summed E-state index contributed by atoms with van der Waals surface area (Å²) in [5.41, 5.74) is 2.87. The van der Waals surface area contributed by atoms with Gasteiger partial charge < -0.3 is 5.32 Å². The molecule has 1 N–H and O–H groups in total. The van der Waals surface area contributed by atoms with Crippen molar-refractivity contribution in [3.05, 3.63) is 53.6 Å². The van der Waals surface area contributed by atoms with Gasteiger partial charge in [0, 0.05) is 18.5 Å². The number of hydrogen-bond acceptors (Lipinski definition) is 1. The standard InChI is InChI=1S/C14H15N/c1-2-6-12-11(5-1)8-9-14-13(12)7-3-4-10-15-14/h1-6,8-9,13-15H,7,10H2. The van der Waals surface area contributed by atoms with Crippen LogP contribution in [-0.2, 0) is 0 Å². The summed E-state index contributed by atoms with van der Waals surface area (Å²) in [7, 11) is 0. The molecule has 2 atom stereocenters. The minimum absolute atomic E-state index is 0.509. The zero-order valence-corrected chi connectivity index (χ0v) is 8.69. The minimum atomic E-state index is 0.509. The van der Waals surface area contributed by atoms with E-state index in [-0.39, 0.29) is 0 Å². The topological polar surface area (TPSA) is 12.0 Å². The molecule has 1 heterocycles. The summed E-state index contributed by atoms with van der Waals surface area (Å²) in [6, 6.07) is 9.23. The molecule has 1 aromatic carbocycles. The van der Waals surface area contributed by atoms with Gasteiger partial charge in [-0.2, -0.15) is 0 Å². The van der Waals surface area contributed by atoms with Gasteiger partial charge in [-0.25, -0.2) is 0 Å². The maximum Gasteiger partial charge on any atom is 0.0328 e. The summed E-state index contributed by atoms with van der Waals surface area (Å²) in [5, 5.41) is 3.55. The molecule has 2 aliphatic rings. The highest BCUT2D eigenvalue weighted by Crippen LogP contribution is 2.33. The maximum atomic E-state index is 3.55. The Morgan fingerprint density at radius 3 is 3.07 bits per heavy atom. The van der Waals surface area contributed by atoms with Gasteiger partial charge in [-0.05, 0) is 17.5 Å². The van der Waals surface area contributed by atoms with E-state index >= 15 is 0 Å². The first-order valence-corrected chi connectivity index (χ1v) is 5.61. The van der Waals surface area contributed by atoms with E-state index in [4.69, 9.17) is 0 Å². The smallest absolute Gasteiger partial charge is 0.0328 e. The van der Waals surface area contributed by atoms with Crippen molar-refractivity contribution in [1.29, 1.82) is 0 Å². The molecule has 1 aromatic rings. The molecule has 0 spiro atoms. The molecule has 2 unspecified atom stereocenters. The number of hydrogen-bond donors (Lipinski definition) is 1. The number of allylic oxidation sites excluding steroid dienone is 1. The van der Waals surface area contributed by atoms with Crippen molar-refractivity contribution in [2.75, 3.05) is 6.54 Å². The molecule has 1 nitrogen and oxygen atoms in total. The number of fused-ring (bicyclic) bond motifs is 3. The Morgan fingerprint density at radius 2 is 2.07 bits per heavy atom. The molecule has 3 rings (SSSR count). The minimum Gasteiger partial charge on any atom is -0.306 e. The molecule has 1 aliphatic heterocycles. The third-order valence-corrected chi connectivity index (χ3v) is 3.34. The molecular formula is C14H15N. The molecule has 0 radical (unpaired) electrons. The van der Waals surface area contributed by atoms with Crippen molar-refractivity contribution in [1.82, 2.24) is 5.32 Å². The largest absolute Gasteiger partial charge is 0.306 e. The van der Waals surface area contributed by atoms with Crippen LogP contribution in [0.3, 0.4) is 0 Å². The highest BCUT2D eigenvalue weighted by Gasteiger charge is 2.25. The van der Waals surface area contributed by atoms with Crippen LogP contribution < -0.4 is 5.32 Å². The van der Waals surface area contributed by atoms with E-state index in [1.807, 2.05) is 0 Å². The highest BCUT2D eigenvalue weighted by molar-refractivity contribution is 5.59. The van der Waals surface area contributed by atoms with E-state index in [1.54, 1.807) is 0 Å². The maximum absolute atomic E-state index is 3.55. The fraction of sp³-hybridized carbons (Fsp3) is 0.286. The average Bonchev–Trinajstić information content (AvgIpc) is 2.54. The van der Waals surface area contributed by atoms with E-state index in [9.17, 15) is 0 Å². The van der Waals surface area contributed by atoms with Crippen LogP contribution in [0, 0.1) is 0 Å². The van der Waals surface area contributed by atoms with Crippen LogP contribution in [0.1, 0.15) is 23.5 Å². The van der Waals surface area contributed by atoms with Crippen LogP contribution in [0.15, 0.2) is 42.5 Å². The molecule has 0 fully saturated rings. The molecule has 1 heteroatoms. The van der Waals surface area contributed by atoms with Gasteiger partial charge in [-0.1, -0.05) is 48.6 Å². The first-order chi connectivity index (χ1) is 7.45. The molecule has 0 saturated carbocycles. The molecular weight excluding hydrogens is 182 g/mol. The van der Waals surface area contributed by atoms with E-state index in [0.717, 1.165) is 13.0 Å². The van der Waals surface area contributed by atoms with Crippen LogP contribution in [-0.4, -0.2) is 12.6 Å². The highest BCUT2D eigenvalue weighted by atomic mass is 14.9. The van der Waals surface area contributed by atoms with Crippen LogP contribution in [0.4, 0.5) is 0 Å². The van der Waals surface area contributed by atoms with E-state index in [0.29, 0.717) is 12.0 Å². The quantitative estimate of drug-likeness (QED) is 0.631. The Bertz CT molecular complexity index is 417. The van der Waals surface area contributed by atoms with Crippen molar-refractivity contribution >= 4 is 6.08 Å². The Morgan fingerprint density at radius 1 is 1.13 bits per heavy atom. The van der Waals surface area contributed by atoms with E-state index < -0.39 is 0 Å². The molecule has 1 aliphatic carbocycles. The van der Waals surface area contributed by atoms with Gasteiger partial charge in [0.15, 0.2) is 0 Å². The fourth-order valence-corrected chi connectivity index (χ4v) is 2.55. The van der Waals surface area contributed by atoms with Gasteiger partial charge in [0.25, 0.3) is 0 Å². The Labute approximate surface area is 90.5 Å². The summed E-state index contributed by atoms with van der Waals surface area (Å²) in [6.45, 7) is 0.994. The second kappa shape index (κ2) is 3.67. The second-order valence-electron chi connectivity index (χ2n) is 4.24. The summed E-state index contributed by atoms with van der Waals surface area (Å²) in [4.78, 5) is 0. The van der Waals surface area contributed by atoms with Gasteiger partial charge in [0.05, 0.1) is 0 Å². The third kappa shape index (κ3) is 1.53. The normalized spacial score (nSPS) is 28.0. The number of rotatable bonds is 0. The van der Waals surface area contributed by atoms with Crippen LogP contribution >= 0.6 is 0 Å². The Hall–Kier alpha value is -1.34. The molecule has 15 heavy (non-hydrogen) atoms. The fourth-order valence-electron chi connectivity index (χ4n) is 2.55. The molecule has 0 amide bonds. The lowest BCUT2D eigenvalue weighted by Crippen LogP contribution is -2.33. The first-order valence-electron chi connectivity index (χ1n) is 5.61. The van der Waals surface area contributed by atoms with Crippen molar-refractivity contribution < 1.29 is 0 Å². The van der Waals surface area contributed by atoms with Gasteiger partial charge in [0.1, 0.15) is 0 Å². The lowest BCUT2D eigenvalue weighted by atomic mass is 9.82. The molecule has 0 aromatic heterocycles. The Kier molecular flexibility index (Phi) is 2.18. The molecule has 0 saturated heterocycles. The Balaban J connectivity index is 2.05. The first kappa shape index (κ1) is 8.93. The van der Waals surface area contributed by atoms with Crippen molar-refractivity contribution in [3.63, 3.8) is 0 Å². The van der Waals surface area contributed by atoms with Crippen molar-refractivity contribution in [3.8, 4) is 0 Å². The van der Waals surface area contributed by atoms with Crippen LogP contribution in [0.25, 0.3) is 6.08 Å². The predicted molar refractivity (Wildman–Crippen MR) is 63.8 cm³/mol. The monoisotopic (exact) mass is 197 g/mol. The van der Waals surface area contributed by atoms with Gasteiger partial charge in [0.2, 0.25) is 0 Å². The molecule has 76 valence electrons. The third-order valence-electron chi connectivity index (χ3n) is 3.34. The SMILES string of the molecule is C1=CCC2c3ccccc3C=CC2NC1. The van der Waals surface area contributed by atoms with Gasteiger partial charge in [-0.15, -0.1) is 0 Å².